The second-order valence-electron chi connectivity index (χ2n) is 4.32. The van der Waals surface area contributed by atoms with Crippen molar-refractivity contribution in [1.29, 1.82) is 0 Å². The molecule has 0 amide bonds. The molecule has 0 atom stereocenters. The summed E-state index contributed by atoms with van der Waals surface area (Å²) in [5.41, 5.74) is -1.94. The molecule has 1 aromatic heterocycles. The fourth-order valence-corrected chi connectivity index (χ4v) is 1.73. The van der Waals surface area contributed by atoms with Crippen LogP contribution in [0.4, 0.5) is 24.5 Å². The van der Waals surface area contributed by atoms with Crippen molar-refractivity contribution in [2.45, 2.75) is 26.1 Å². The van der Waals surface area contributed by atoms with Gasteiger partial charge in [-0.1, -0.05) is 0 Å². The van der Waals surface area contributed by atoms with Crippen LogP contribution in [0.1, 0.15) is 19.5 Å². The number of hydrogen-bond acceptors (Lipinski definition) is 5. The Hall–Kier alpha value is -1.90. The zero-order chi connectivity index (χ0) is 15.5. The van der Waals surface area contributed by atoms with Gasteiger partial charge < -0.3 is 10.0 Å². The molecule has 112 valence electrons. The lowest BCUT2D eigenvalue weighted by atomic mass is 10.2. The number of aromatic nitrogens is 1. The molecule has 0 saturated carbocycles. The number of aliphatic hydroxyl groups excluding tert-OH is 1. The van der Waals surface area contributed by atoms with E-state index in [1.165, 1.54) is 4.90 Å². The summed E-state index contributed by atoms with van der Waals surface area (Å²) >= 11 is 0. The standard InChI is InChI=1S/C11H14F3N3O3/c1-7(2)16(3-4-18)8-5-10(11(12,13)14)15-6-9(8)17(19)20/h5-7,18H,3-4H2,1-2H3. The molecule has 6 nitrogen and oxygen atoms in total. The fraction of sp³-hybridized carbons (Fsp3) is 0.545. The fourth-order valence-electron chi connectivity index (χ4n) is 1.73. The number of nitro groups is 1. The average Bonchev–Trinajstić information content (AvgIpc) is 2.33. The van der Waals surface area contributed by atoms with Gasteiger partial charge in [0.1, 0.15) is 17.6 Å². The Morgan fingerprint density at radius 3 is 2.50 bits per heavy atom. The monoisotopic (exact) mass is 293 g/mol. The maximum absolute atomic E-state index is 12.7. The summed E-state index contributed by atoms with van der Waals surface area (Å²) in [5, 5.41) is 19.9. The van der Waals surface area contributed by atoms with Gasteiger partial charge in [0.15, 0.2) is 0 Å². The summed E-state index contributed by atoms with van der Waals surface area (Å²) in [5.74, 6) is 0. The van der Waals surface area contributed by atoms with Crippen LogP contribution in [0.2, 0.25) is 0 Å². The van der Waals surface area contributed by atoms with Crippen molar-refractivity contribution in [3.8, 4) is 0 Å². The smallest absolute Gasteiger partial charge is 0.395 e. The van der Waals surface area contributed by atoms with Crippen LogP contribution in [0.15, 0.2) is 12.3 Å². The summed E-state index contributed by atoms with van der Waals surface area (Å²) in [6, 6.07) is 0.317. The van der Waals surface area contributed by atoms with Crippen LogP contribution in [0.5, 0.6) is 0 Å². The molecule has 0 bridgehead atoms. The first-order valence-corrected chi connectivity index (χ1v) is 5.77. The Morgan fingerprint density at radius 2 is 2.10 bits per heavy atom. The minimum absolute atomic E-state index is 0.0141. The quantitative estimate of drug-likeness (QED) is 0.665. The van der Waals surface area contributed by atoms with Crippen LogP contribution in [-0.2, 0) is 6.18 Å². The Bertz CT molecular complexity index is 492. The van der Waals surface area contributed by atoms with Gasteiger partial charge in [-0.15, -0.1) is 0 Å². The molecule has 0 aliphatic rings. The number of anilines is 1. The van der Waals surface area contributed by atoms with E-state index < -0.39 is 22.5 Å². The van der Waals surface area contributed by atoms with Gasteiger partial charge in [0.25, 0.3) is 0 Å². The molecule has 1 heterocycles. The van der Waals surface area contributed by atoms with E-state index in [1.54, 1.807) is 13.8 Å². The number of rotatable bonds is 5. The van der Waals surface area contributed by atoms with E-state index in [4.69, 9.17) is 5.11 Å². The van der Waals surface area contributed by atoms with Crippen LogP contribution in [-0.4, -0.2) is 34.2 Å². The van der Waals surface area contributed by atoms with Gasteiger partial charge >= 0.3 is 11.9 Å². The van der Waals surface area contributed by atoms with Crippen LogP contribution in [0, 0.1) is 10.1 Å². The lowest BCUT2D eigenvalue weighted by molar-refractivity contribution is -0.384. The molecular formula is C11H14F3N3O3. The van der Waals surface area contributed by atoms with Crippen molar-refractivity contribution in [2.75, 3.05) is 18.1 Å². The molecular weight excluding hydrogens is 279 g/mol. The van der Waals surface area contributed by atoms with Crippen LogP contribution in [0.25, 0.3) is 0 Å². The molecule has 0 spiro atoms. The van der Waals surface area contributed by atoms with Crippen molar-refractivity contribution in [1.82, 2.24) is 4.98 Å². The van der Waals surface area contributed by atoms with Crippen molar-refractivity contribution in [3.05, 3.63) is 28.1 Å². The number of nitrogens with zero attached hydrogens (tertiary/aromatic N) is 3. The van der Waals surface area contributed by atoms with Crippen LogP contribution >= 0.6 is 0 Å². The molecule has 1 rings (SSSR count). The summed E-state index contributed by atoms with van der Waals surface area (Å²) in [6.07, 6.45) is -4.10. The molecule has 20 heavy (non-hydrogen) atoms. The highest BCUT2D eigenvalue weighted by Crippen LogP contribution is 2.35. The first-order valence-electron chi connectivity index (χ1n) is 5.77. The van der Waals surface area contributed by atoms with Gasteiger partial charge in [0.2, 0.25) is 0 Å². The van der Waals surface area contributed by atoms with Gasteiger partial charge in [-0.05, 0) is 19.9 Å². The van der Waals surface area contributed by atoms with E-state index in [0.717, 1.165) is 0 Å². The minimum Gasteiger partial charge on any atom is -0.395 e. The maximum Gasteiger partial charge on any atom is 0.433 e. The Labute approximate surface area is 113 Å². The third kappa shape index (κ3) is 3.56. The molecule has 1 aromatic rings. The van der Waals surface area contributed by atoms with Crippen molar-refractivity contribution in [3.63, 3.8) is 0 Å². The van der Waals surface area contributed by atoms with E-state index in [9.17, 15) is 23.3 Å². The van der Waals surface area contributed by atoms with Gasteiger partial charge in [-0.3, -0.25) is 10.1 Å². The Morgan fingerprint density at radius 1 is 1.50 bits per heavy atom. The maximum atomic E-state index is 12.7. The van der Waals surface area contributed by atoms with Crippen molar-refractivity contribution in [2.24, 2.45) is 0 Å². The van der Waals surface area contributed by atoms with E-state index in [-0.39, 0.29) is 24.9 Å². The summed E-state index contributed by atoms with van der Waals surface area (Å²) in [7, 11) is 0. The summed E-state index contributed by atoms with van der Waals surface area (Å²) in [4.78, 5) is 14.5. The Kier molecular flexibility index (Phi) is 4.88. The molecule has 0 aliphatic heterocycles. The van der Waals surface area contributed by atoms with E-state index in [2.05, 4.69) is 4.98 Å². The number of pyridine rings is 1. The minimum atomic E-state index is -4.69. The first kappa shape index (κ1) is 16.2. The van der Waals surface area contributed by atoms with Crippen LogP contribution < -0.4 is 4.90 Å². The lowest BCUT2D eigenvalue weighted by Gasteiger charge is -2.28. The summed E-state index contributed by atoms with van der Waals surface area (Å²) in [6.45, 7) is 2.97. The number of aliphatic hydroxyl groups is 1. The van der Waals surface area contributed by atoms with Crippen molar-refractivity contribution < 1.29 is 23.2 Å². The number of halogens is 3. The number of hydrogen-bond donors (Lipinski definition) is 1. The Balaban J connectivity index is 3.41. The molecule has 0 unspecified atom stereocenters. The van der Waals surface area contributed by atoms with E-state index in [1.807, 2.05) is 0 Å². The topological polar surface area (TPSA) is 79.5 Å². The lowest BCUT2D eigenvalue weighted by Crippen LogP contribution is -2.34. The zero-order valence-corrected chi connectivity index (χ0v) is 10.9. The van der Waals surface area contributed by atoms with Gasteiger partial charge in [0.05, 0.1) is 11.5 Å². The van der Waals surface area contributed by atoms with Gasteiger partial charge in [-0.25, -0.2) is 4.98 Å². The third-order valence-electron chi connectivity index (χ3n) is 2.62. The highest BCUT2D eigenvalue weighted by Gasteiger charge is 2.35. The van der Waals surface area contributed by atoms with Gasteiger partial charge in [0, 0.05) is 12.6 Å². The van der Waals surface area contributed by atoms with E-state index in [0.29, 0.717) is 12.3 Å². The van der Waals surface area contributed by atoms with Gasteiger partial charge in [-0.2, -0.15) is 13.2 Å². The molecule has 0 radical (unpaired) electrons. The highest BCUT2D eigenvalue weighted by atomic mass is 19.4. The summed E-state index contributed by atoms with van der Waals surface area (Å²) < 4.78 is 38.0. The first-order chi connectivity index (χ1) is 9.18. The zero-order valence-electron chi connectivity index (χ0n) is 10.9. The number of alkyl halides is 3. The molecule has 0 aliphatic carbocycles. The average molecular weight is 293 g/mol. The molecule has 0 saturated heterocycles. The third-order valence-corrected chi connectivity index (χ3v) is 2.62. The van der Waals surface area contributed by atoms with Crippen molar-refractivity contribution >= 4 is 11.4 Å². The second kappa shape index (κ2) is 6.04. The normalized spacial score (nSPS) is 11.8. The SMILES string of the molecule is CC(C)N(CCO)c1cc(C(F)(F)F)ncc1[N+](=O)[O-]. The largest absolute Gasteiger partial charge is 0.433 e. The molecule has 9 heteroatoms. The second-order valence-corrected chi connectivity index (χ2v) is 4.32. The highest BCUT2D eigenvalue weighted by molar-refractivity contribution is 5.63. The molecule has 1 N–H and O–H groups in total. The molecule has 0 aromatic carbocycles. The predicted octanol–water partition coefficient (Wildman–Crippen LogP) is 2.22. The predicted molar refractivity (Wildman–Crippen MR) is 65.5 cm³/mol. The molecule has 0 fully saturated rings. The van der Waals surface area contributed by atoms with Crippen LogP contribution in [0.3, 0.4) is 0 Å². The van der Waals surface area contributed by atoms with E-state index >= 15 is 0 Å².